The van der Waals surface area contributed by atoms with Crippen LogP contribution in [0.3, 0.4) is 0 Å². The fraction of sp³-hybridized carbons (Fsp3) is 0.182. The van der Waals surface area contributed by atoms with Crippen LogP contribution in [0.1, 0.15) is 11.0 Å². The third-order valence-corrected chi connectivity index (χ3v) is 4.03. The molecule has 2 aromatic heterocycles. The number of thiophene rings is 1. The Kier molecular flexibility index (Phi) is 2.53. The van der Waals surface area contributed by atoms with Gasteiger partial charge in [0.2, 0.25) is 5.11 Å². The van der Waals surface area contributed by atoms with Gasteiger partial charge in [-0.15, -0.1) is 16.5 Å². The van der Waals surface area contributed by atoms with E-state index >= 15 is 0 Å². The summed E-state index contributed by atoms with van der Waals surface area (Å²) in [5.74, 6) is 0. The summed E-state index contributed by atoms with van der Waals surface area (Å²) < 4.78 is 2.08. The first kappa shape index (κ1) is 10.6. The average molecular weight is 262 g/mol. The van der Waals surface area contributed by atoms with Crippen LogP contribution in [-0.4, -0.2) is 21.6 Å². The summed E-state index contributed by atoms with van der Waals surface area (Å²) in [6, 6.07) is 6.10. The zero-order valence-electron chi connectivity index (χ0n) is 9.15. The van der Waals surface area contributed by atoms with Crippen molar-refractivity contribution in [2.45, 2.75) is 6.17 Å². The molecule has 0 saturated carbocycles. The lowest BCUT2D eigenvalue weighted by Gasteiger charge is -2.17. The minimum atomic E-state index is -0.0834. The monoisotopic (exact) mass is 262 g/mol. The van der Waals surface area contributed by atoms with Crippen molar-refractivity contribution in [2.24, 2.45) is 10.2 Å². The number of aromatic nitrogens is 1. The predicted octanol–water partition coefficient (Wildman–Crippen LogP) is 3.22. The third-order valence-electron chi connectivity index (χ3n) is 2.71. The highest BCUT2D eigenvalue weighted by atomic mass is 32.1. The van der Waals surface area contributed by atoms with Crippen LogP contribution >= 0.6 is 23.6 Å². The van der Waals surface area contributed by atoms with Gasteiger partial charge in [0.15, 0.2) is 6.17 Å². The molecule has 4 nitrogen and oxygen atoms in total. The molecule has 86 valence electrons. The number of rotatable bonds is 2. The average Bonchev–Trinajstić information content (AvgIpc) is 3.01. The summed E-state index contributed by atoms with van der Waals surface area (Å²) in [5, 5.41) is 10.8. The van der Waals surface area contributed by atoms with Gasteiger partial charge in [-0.3, -0.25) is 0 Å². The fourth-order valence-corrected chi connectivity index (χ4v) is 2.91. The van der Waals surface area contributed by atoms with E-state index in [4.69, 9.17) is 12.2 Å². The first-order valence-electron chi connectivity index (χ1n) is 5.16. The molecule has 3 rings (SSSR count). The molecule has 0 aliphatic carbocycles. The lowest BCUT2D eigenvalue weighted by atomic mass is 10.3. The van der Waals surface area contributed by atoms with E-state index in [9.17, 15) is 0 Å². The molecule has 1 aliphatic rings. The molecule has 0 saturated heterocycles. The summed E-state index contributed by atoms with van der Waals surface area (Å²) in [4.78, 5) is 3.07. The highest BCUT2D eigenvalue weighted by Crippen LogP contribution is 2.35. The standard InChI is InChI=1S/C11H10N4S2/c1-14-10(12-13-11(14)16)9-8(4-7-17-9)15-5-2-3-6-15/h2-7,10H,1H3. The van der Waals surface area contributed by atoms with Crippen molar-refractivity contribution in [3.63, 3.8) is 0 Å². The van der Waals surface area contributed by atoms with Gasteiger partial charge < -0.3 is 9.47 Å². The number of thiocarbonyl (C=S) groups is 1. The van der Waals surface area contributed by atoms with Gasteiger partial charge in [-0.2, -0.15) is 5.11 Å². The molecule has 1 aliphatic heterocycles. The van der Waals surface area contributed by atoms with Gasteiger partial charge >= 0.3 is 0 Å². The Morgan fingerprint density at radius 2 is 2.12 bits per heavy atom. The lowest BCUT2D eigenvalue weighted by molar-refractivity contribution is 0.419. The van der Waals surface area contributed by atoms with Crippen LogP contribution in [0.25, 0.3) is 5.69 Å². The Labute approximate surface area is 108 Å². The Hall–Kier alpha value is -1.53. The second-order valence-corrected chi connectivity index (χ2v) is 5.06. The minimum Gasteiger partial charge on any atom is -0.323 e. The normalized spacial score (nSPS) is 19.2. The summed E-state index contributed by atoms with van der Waals surface area (Å²) in [7, 11) is 1.92. The number of nitrogens with zero attached hydrogens (tertiary/aromatic N) is 4. The summed E-state index contributed by atoms with van der Waals surface area (Å²) >= 11 is 6.77. The van der Waals surface area contributed by atoms with Crippen LogP contribution in [0, 0.1) is 0 Å². The van der Waals surface area contributed by atoms with Crippen LogP contribution in [0.2, 0.25) is 0 Å². The molecule has 0 amide bonds. The molecule has 0 spiro atoms. The number of azo groups is 1. The zero-order chi connectivity index (χ0) is 11.8. The van der Waals surface area contributed by atoms with Crippen LogP contribution < -0.4 is 0 Å². The lowest BCUT2D eigenvalue weighted by Crippen LogP contribution is -2.22. The number of hydrogen-bond donors (Lipinski definition) is 0. The predicted molar refractivity (Wildman–Crippen MR) is 71.6 cm³/mol. The van der Waals surface area contributed by atoms with Gasteiger partial charge in [0.1, 0.15) is 0 Å². The van der Waals surface area contributed by atoms with E-state index < -0.39 is 0 Å². The summed E-state index contributed by atoms with van der Waals surface area (Å²) in [6.45, 7) is 0. The molecule has 2 aromatic rings. The Balaban J connectivity index is 2.03. The van der Waals surface area contributed by atoms with Gasteiger partial charge in [-0.1, -0.05) is 0 Å². The van der Waals surface area contributed by atoms with Crippen molar-refractivity contribution in [2.75, 3.05) is 7.05 Å². The van der Waals surface area contributed by atoms with Crippen molar-refractivity contribution < 1.29 is 0 Å². The SMILES string of the molecule is CN1C(=S)N=NC1c1sccc1-n1cccc1. The van der Waals surface area contributed by atoms with E-state index in [2.05, 4.69) is 26.2 Å². The van der Waals surface area contributed by atoms with Crippen molar-refractivity contribution in [1.82, 2.24) is 9.47 Å². The van der Waals surface area contributed by atoms with Gasteiger partial charge in [-0.05, 0) is 35.8 Å². The molecule has 0 aromatic carbocycles. The molecule has 17 heavy (non-hydrogen) atoms. The maximum atomic E-state index is 5.10. The first-order chi connectivity index (χ1) is 8.27. The van der Waals surface area contributed by atoms with Crippen LogP contribution in [0.4, 0.5) is 0 Å². The molecule has 0 radical (unpaired) electrons. The van der Waals surface area contributed by atoms with Gasteiger partial charge in [0.05, 0.1) is 10.6 Å². The van der Waals surface area contributed by atoms with E-state index in [1.54, 1.807) is 11.3 Å². The van der Waals surface area contributed by atoms with E-state index in [0.29, 0.717) is 5.11 Å². The largest absolute Gasteiger partial charge is 0.323 e. The first-order valence-corrected chi connectivity index (χ1v) is 6.44. The fourth-order valence-electron chi connectivity index (χ4n) is 1.80. The quantitative estimate of drug-likeness (QED) is 0.778. The molecular weight excluding hydrogens is 252 g/mol. The van der Waals surface area contributed by atoms with Crippen molar-refractivity contribution in [3.8, 4) is 5.69 Å². The molecule has 1 unspecified atom stereocenters. The second-order valence-electron chi connectivity index (χ2n) is 3.74. The van der Waals surface area contributed by atoms with Crippen molar-refractivity contribution >= 4 is 28.7 Å². The highest BCUT2D eigenvalue weighted by Gasteiger charge is 2.27. The van der Waals surface area contributed by atoms with E-state index in [1.807, 2.05) is 36.5 Å². The van der Waals surface area contributed by atoms with Crippen LogP contribution in [0.15, 0.2) is 46.2 Å². The van der Waals surface area contributed by atoms with Crippen molar-refractivity contribution in [1.29, 1.82) is 0 Å². The smallest absolute Gasteiger partial charge is 0.217 e. The van der Waals surface area contributed by atoms with Gasteiger partial charge in [-0.25, -0.2) is 0 Å². The van der Waals surface area contributed by atoms with E-state index in [1.165, 1.54) is 0 Å². The molecular formula is C11H10N4S2. The third kappa shape index (κ3) is 1.69. The molecule has 0 fully saturated rings. The molecule has 1 atom stereocenters. The van der Waals surface area contributed by atoms with E-state index in [0.717, 1.165) is 10.6 Å². The number of hydrogen-bond acceptors (Lipinski definition) is 3. The van der Waals surface area contributed by atoms with Crippen LogP contribution in [0.5, 0.6) is 0 Å². The van der Waals surface area contributed by atoms with Crippen LogP contribution in [-0.2, 0) is 0 Å². The molecule has 3 heterocycles. The van der Waals surface area contributed by atoms with Gasteiger partial charge in [0.25, 0.3) is 0 Å². The zero-order valence-corrected chi connectivity index (χ0v) is 10.8. The maximum Gasteiger partial charge on any atom is 0.217 e. The molecule has 0 bridgehead atoms. The summed E-state index contributed by atoms with van der Waals surface area (Å²) in [5.41, 5.74) is 1.14. The van der Waals surface area contributed by atoms with Gasteiger partial charge in [0, 0.05) is 19.4 Å². The van der Waals surface area contributed by atoms with E-state index in [-0.39, 0.29) is 6.17 Å². The highest BCUT2D eigenvalue weighted by molar-refractivity contribution is 7.80. The van der Waals surface area contributed by atoms with Crippen molar-refractivity contribution in [3.05, 3.63) is 40.8 Å². The molecule has 6 heteroatoms. The Morgan fingerprint density at radius 1 is 1.35 bits per heavy atom. The minimum absolute atomic E-state index is 0.0834. The Bertz CT molecular complexity index is 570. The second kappa shape index (κ2) is 4.05. The molecule has 0 N–H and O–H groups in total. The summed E-state index contributed by atoms with van der Waals surface area (Å²) in [6.07, 6.45) is 3.96. The Morgan fingerprint density at radius 3 is 2.76 bits per heavy atom. The topological polar surface area (TPSA) is 32.9 Å². The maximum absolute atomic E-state index is 5.10.